The highest BCUT2D eigenvalue weighted by Gasteiger charge is 2.27. The van der Waals surface area contributed by atoms with E-state index < -0.39 is 0 Å². The summed E-state index contributed by atoms with van der Waals surface area (Å²) in [7, 11) is 1.86. The molecular formula is C26H24FN5O. The third-order valence-electron chi connectivity index (χ3n) is 6.06. The first-order valence-electron chi connectivity index (χ1n) is 11.0. The fourth-order valence-electron chi connectivity index (χ4n) is 4.33. The SMILES string of the molecule is Cn1cc(-c2ccc(C(=O)N3CCC[C@@H](c4cccc(-c5ccccc5F)n4)C3)cn2)cn1. The van der Waals surface area contributed by atoms with Crippen molar-refractivity contribution in [1.82, 2.24) is 24.6 Å². The average Bonchev–Trinajstić information content (AvgIpc) is 3.30. The lowest BCUT2D eigenvalue weighted by Gasteiger charge is -2.32. The number of hydrogen-bond acceptors (Lipinski definition) is 4. The van der Waals surface area contributed by atoms with E-state index in [4.69, 9.17) is 4.98 Å². The summed E-state index contributed by atoms with van der Waals surface area (Å²) >= 11 is 0. The van der Waals surface area contributed by atoms with Gasteiger partial charge in [0.2, 0.25) is 0 Å². The van der Waals surface area contributed by atoms with Gasteiger partial charge in [0.05, 0.1) is 23.1 Å². The van der Waals surface area contributed by atoms with Gasteiger partial charge in [0.15, 0.2) is 0 Å². The zero-order chi connectivity index (χ0) is 22.8. The zero-order valence-electron chi connectivity index (χ0n) is 18.4. The van der Waals surface area contributed by atoms with Crippen LogP contribution in [0.5, 0.6) is 0 Å². The van der Waals surface area contributed by atoms with E-state index in [9.17, 15) is 9.18 Å². The molecule has 1 fully saturated rings. The van der Waals surface area contributed by atoms with Crippen molar-refractivity contribution in [3.8, 4) is 22.5 Å². The number of aryl methyl sites for hydroxylation is 1. The number of carbonyl (C=O) groups excluding carboxylic acids is 1. The van der Waals surface area contributed by atoms with Crippen LogP contribution in [0.25, 0.3) is 22.5 Å². The molecule has 4 heterocycles. The number of likely N-dealkylation sites (tertiary alicyclic amines) is 1. The first-order valence-corrected chi connectivity index (χ1v) is 11.0. The number of aromatic nitrogens is 4. The lowest BCUT2D eigenvalue weighted by Crippen LogP contribution is -2.39. The molecular weight excluding hydrogens is 417 g/mol. The summed E-state index contributed by atoms with van der Waals surface area (Å²) in [4.78, 5) is 24.2. The molecule has 0 unspecified atom stereocenters. The van der Waals surface area contributed by atoms with Crippen molar-refractivity contribution in [1.29, 1.82) is 0 Å². The second kappa shape index (κ2) is 8.94. The van der Waals surface area contributed by atoms with Crippen molar-refractivity contribution in [3.05, 3.63) is 90.3 Å². The van der Waals surface area contributed by atoms with E-state index in [1.54, 1.807) is 35.3 Å². The van der Waals surface area contributed by atoms with Crippen LogP contribution >= 0.6 is 0 Å². The van der Waals surface area contributed by atoms with Crippen molar-refractivity contribution in [2.24, 2.45) is 7.05 Å². The fourth-order valence-corrected chi connectivity index (χ4v) is 4.33. The Morgan fingerprint density at radius 3 is 2.67 bits per heavy atom. The van der Waals surface area contributed by atoms with Crippen molar-refractivity contribution in [2.45, 2.75) is 18.8 Å². The molecule has 0 aliphatic carbocycles. The van der Waals surface area contributed by atoms with Crippen molar-refractivity contribution < 1.29 is 9.18 Å². The molecule has 1 atom stereocenters. The van der Waals surface area contributed by atoms with Crippen LogP contribution in [0.1, 0.15) is 34.8 Å². The molecule has 0 N–H and O–H groups in total. The van der Waals surface area contributed by atoms with E-state index in [1.165, 1.54) is 6.07 Å². The third kappa shape index (κ3) is 4.39. The van der Waals surface area contributed by atoms with E-state index >= 15 is 0 Å². The van der Waals surface area contributed by atoms with Crippen LogP contribution in [0, 0.1) is 5.82 Å². The lowest BCUT2D eigenvalue weighted by molar-refractivity contribution is 0.0705. The first kappa shape index (κ1) is 21.0. The number of nitrogens with zero attached hydrogens (tertiary/aromatic N) is 5. The summed E-state index contributed by atoms with van der Waals surface area (Å²) in [6, 6.07) is 16.0. The molecule has 0 saturated carbocycles. The molecule has 1 aromatic carbocycles. The number of amides is 1. The molecule has 0 spiro atoms. The number of pyridine rings is 2. The monoisotopic (exact) mass is 441 g/mol. The normalized spacial score (nSPS) is 16.1. The van der Waals surface area contributed by atoms with E-state index in [2.05, 4.69) is 10.1 Å². The van der Waals surface area contributed by atoms with Crippen LogP contribution < -0.4 is 0 Å². The largest absolute Gasteiger partial charge is 0.338 e. The average molecular weight is 442 g/mol. The summed E-state index contributed by atoms with van der Waals surface area (Å²) < 4.78 is 16.0. The topological polar surface area (TPSA) is 63.9 Å². The summed E-state index contributed by atoms with van der Waals surface area (Å²) in [6.45, 7) is 1.28. The van der Waals surface area contributed by atoms with Gasteiger partial charge in [-0.3, -0.25) is 19.4 Å². The predicted octanol–water partition coefficient (Wildman–Crippen LogP) is 4.70. The Hall–Kier alpha value is -3.87. The molecule has 5 rings (SSSR count). The van der Waals surface area contributed by atoms with Crippen molar-refractivity contribution in [3.63, 3.8) is 0 Å². The number of rotatable bonds is 4. The lowest BCUT2D eigenvalue weighted by atomic mass is 9.93. The number of hydrogen-bond donors (Lipinski definition) is 0. The Morgan fingerprint density at radius 1 is 1.03 bits per heavy atom. The second-order valence-electron chi connectivity index (χ2n) is 8.35. The summed E-state index contributed by atoms with van der Waals surface area (Å²) in [5, 5.41) is 4.17. The van der Waals surface area contributed by atoms with Gasteiger partial charge in [-0.2, -0.15) is 5.10 Å². The van der Waals surface area contributed by atoms with Gasteiger partial charge in [0, 0.05) is 55.3 Å². The Balaban J connectivity index is 1.32. The van der Waals surface area contributed by atoms with Crippen LogP contribution in [0.4, 0.5) is 4.39 Å². The quantitative estimate of drug-likeness (QED) is 0.460. The number of piperidine rings is 1. The second-order valence-corrected chi connectivity index (χ2v) is 8.35. The highest BCUT2D eigenvalue weighted by molar-refractivity contribution is 5.94. The highest BCUT2D eigenvalue weighted by Crippen LogP contribution is 2.29. The van der Waals surface area contributed by atoms with E-state index in [-0.39, 0.29) is 17.6 Å². The molecule has 1 saturated heterocycles. The summed E-state index contributed by atoms with van der Waals surface area (Å²) in [5.41, 5.74) is 4.25. The van der Waals surface area contributed by atoms with E-state index in [0.717, 1.165) is 29.8 Å². The van der Waals surface area contributed by atoms with Crippen LogP contribution in [0.15, 0.2) is 73.2 Å². The Morgan fingerprint density at radius 2 is 1.91 bits per heavy atom. The molecule has 1 amide bonds. The molecule has 7 heteroatoms. The fraction of sp³-hybridized carbons (Fsp3) is 0.231. The molecule has 4 aromatic rings. The van der Waals surface area contributed by atoms with Crippen molar-refractivity contribution >= 4 is 5.91 Å². The zero-order valence-corrected chi connectivity index (χ0v) is 18.4. The molecule has 0 bridgehead atoms. The standard InChI is InChI=1S/C26H24FN5O/c1-31-16-20(15-29-31)23-12-11-18(14-28-23)26(33)32-13-5-6-19(17-32)24-9-4-10-25(30-24)21-7-2-3-8-22(21)27/h2-4,7-12,14-16,19H,5-6,13,17H2,1H3/t19-/m1/s1. The third-order valence-corrected chi connectivity index (χ3v) is 6.06. The Kier molecular flexibility index (Phi) is 5.69. The van der Waals surface area contributed by atoms with Crippen LogP contribution in [0.3, 0.4) is 0 Å². The van der Waals surface area contributed by atoms with E-state index in [0.29, 0.717) is 29.9 Å². The molecule has 0 radical (unpaired) electrons. The number of carbonyl (C=O) groups is 1. The minimum absolute atomic E-state index is 0.0322. The van der Waals surface area contributed by atoms with Gasteiger partial charge in [0.25, 0.3) is 5.91 Å². The van der Waals surface area contributed by atoms with Gasteiger partial charge >= 0.3 is 0 Å². The smallest absolute Gasteiger partial charge is 0.255 e. The van der Waals surface area contributed by atoms with Gasteiger partial charge in [-0.15, -0.1) is 0 Å². The van der Waals surface area contributed by atoms with Gasteiger partial charge < -0.3 is 4.90 Å². The maximum absolute atomic E-state index is 14.2. The number of benzene rings is 1. The van der Waals surface area contributed by atoms with Gasteiger partial charge in [-0.05, 0) is 49.2 Å². The number of halogens is 1. The molecule has 1 aliphatic rings. The van der Waals surface area contributed by atoms with Crippen LogP contribution in [-0.4, -0.2) is 43.6 Å². The van der Waals surface area contributed by atoms with Gasteiger partial charge in [-0.25, -0.2) is 4.39 Å². The minimum Gasteiger partial charge on any atom is -0.338 e. The Labute approximate surface area is 191 Å². The minimum atomic E-state index is -0.287. The van der Waals surface area contributed by atoms with E-state index in [1.807, 2.05) is 48.5 Å². The van der Waals surface area contributed by atoms with Gasteiger partial charge in [-0.1, -0.05) is 18.2 Å². The summed E-state index contributed by atoms with van der Waals surface area (Å²) in [5.74, 6) is -0.211. The maximum Gasteiger partial charge on any atom is 0.255 e. The molecule has 3 aromatic heterocycles. The molecule has 33 heavy (non-hydrogen) atoms. The predicted molar refractivity (Wildman–Crippen MR) is 124 cm³/mol. The maximum atomic E-state index is 14.2. The summed E-state index contributed by atoms with van der Waals surface area (Å²) in [6.07, 6.45) is 7.10. The molecule has 6 nitrogen and oxygen atoms in total. The Bertz CT molecular complexity index is 1280. The molecule has 166 valence electrons. The van der Waals surface area contributed by atoms with Crippen molar-refractivity contribution in [2.75, 3.05) is 13.1 Å². The first-order chi connectivity index (χ1) is 16.1. The van der Waals surface area contributed by atoms with Crippen LogP contribution in [0.2, 0.25) is 0 Å². The molecule has 1 aliphatic heterocycles. The highest BCUT2D eigenvalue weighted by atomic mass is 19.1. The van der Waals surface area contributed by atoms with Gasteiger partial charge in [0.1, 0.15) is 5.82 Å². The van der Waals surface area contributed by atoms with Crippen LogP contribution in [-0.2, 0) is 7.05 Å².